The molecule has 0 aromatic carbocycles. The number of cyclic esters (lactones) is 1. The van der Waals surface area contributed by atoms with E-state index in [1.54, 1.807) is 0 Å². The number of aliphatic hydroxyl groups is 2. The van der Waals surface area contributed by atoms with Crippen molar-refractivity contribution in [3.63, 3.8) is 0 Å². The number of methoxy groups -OCH3 is 1. The maximum Gasteiger partial charge on any atom is 0.340 e. The van der Waals surface area contributed by atoms with Crippen molar-refractivity contribution in [3.8, 4) is 0 Å². The summed E-state index contributed by atoms with van der Waals surface area (Å²) in [6.07, 6.45) is 3.03. The van der Waals surface area contributed by atoms with Crippen LogP contribution in [0, 0.1) is 16.7 Å². The number of thiol groups is 1. The van der Waals surface area contributed by atoms with E-state index < -0.39 is 40.5 Å². The lowest BCUT2D eigenvalue weighted by Gasteiger charge is -2.52. The molecule has 1 aliphatic heterocycles. The number of ether oxygens (including phenoxy) is 2. The van der Waals surface area contributed by atoms with Crippen molar-refractivity contribution in [2.45, 2.75) is 51.7 Å². The second-order valence-corrected chi connectivity index (χ2v) is 9.83. The molecule has 1 heterocycles. The molecule has 0 aromatic heterocycles. The van der Waals surface area contributed by atoms with E-state index >= 15 is 0 Å². The van der Waals surface area contributed by atoms with Gasteiger partial charge in [0, 0.05) is 42.2 Å². The van der Waals surface area contributed by atoms with Crippen molar-refractivity contribution in [2.24, 2.45) is 16.7 Å². The Labute approximate surface area is 188 Å². The Morgan fingerprint density at radius 3 is 2.74 bits per heavy atom. The van der Waals surface area contributed by atoms with Crippen LogP contribution in [0.25, 0.3) is 0 Å². The van der Waals surface area contributed by atoms with Crippen LogP contribution in [-0.4, -0.2) is 60.2 Å². The van der Waals surface area contributed by atoms with Crippen molar-refractivity contribution < 1.29 is 29.3 Å². The first-order valence-corrected chi connectivity index (χ1v) is 11.5. The van der Waals surface area contributed by atoms with Gasteiger partial charge < -0.3 is 25.0 Å². The van der Waals surface area contributed by atoms with Crippen LogP contribution in [-0.2, 0) is 19.1 Å². The second kappa shape index (κ2) is 7.98. The van der Waals surface area contributed by atoms with E-state index in [-0.39, 0.29) is 18.1 Å². The molecular formula is C23H31NO6S. The van der Waals surface area contributed by atoms with E-state index in [4.69, 9.17) is 9.47 Å². The molecule has 1 saturated heterocycles. The first-order valence-electron chi connectivity index (χ1n) is 10.9. The zero-order valence-corrected chi connectivity index (χ0v) is 19.1. The number of carbonyl (C=O) groups excluding carboxylic acids is 2. The summed E-state index contributed by atoms with van der Waals surface area (Å²) in [5, 5.41) is 24.8. The number of nitrogens with one attached hydrogen (secondary N) is 1. The number of carbonyl (C=O) groups is 2. The van der Waals surface area contributed by atoms with Crippen LogP contribution >= 0.6 is 12.6 Å². The lowest BCUT2D eigenvalue weighted by molar-refractivity contribution is -0.156. The van der Waals surface area contributed by atoms with Crippen LogP contribution in [0.15, 0.2) is 34.3 Å². The average Bonchev–Trinajstić information content (AvgIpc) is 3.04. The van der Waals surface area contributed by atoms with Gasteiger partial charge in [0.2, 0.25) is 5.78 Å². The van der Waals surface area contributed by atoms with Crippen LogP contribution in [0.3, 0.4) is 0 Å². The number of ketones is 1. The highest BCUT2D eigenvalue weighted by Crippen LogP contribution is 2.62. The fourth-order valence-corrected chi connectivity index (χ4v) is 6.27. The minimum Gasteiger partial charge on any atom is -0.504 e. The number of hydrogen-bond acceptors (Lipinski definition) is 8. The predicted molar refractivity (Wildman–Crippen MR) is 118 cm³/mol. The van der Waals surface area contributed by atoms with Gasteiger partial charge in [-0.25, -0.2) is 4.79 Å². The van der Waals surface area contributed by atoms with E-state index in [1.807, 2.05) is 13.8 Å². The first-order chi connectivity index (χ1) is 14.7. The third-order valence-corrected chi connectivity index (χ3v) is 8.14. The molecule has 0 bridgehead atoms. The maximum atomic E-state index is 13.5. The van der Waals surface area contributed by atoms with Gasteiger partial charge in [-0.05, 0) is 44.1 Å². The van der Waals surface area contributed by atoms with Gasteiger partial charge in [-0.15, -0.1) is 0 Å². The molecule has 1 unspecified atom stereocenters. The van der Waals surface area contributed by atoms with E-state index in [1.165, 1.54) is 13.3 Å². The molecule has 8 heteroatoms. The zero-order valence-electron chi connectivity index (χ0n) is 18.2. The Hall–Kier alpha value is -1.77. The second-order valence-electron chi connectivity index (χ2n) is 9.38. The molecule has 0 amide bonds. The standard InChI is InChI=1S/C23H31NO6S/c1-22-7-6-14-17(13(22)4-5-15(22)25)19(26)20(27)18-12(10-24-8-9-31)21(28)30-16(11-29-3)23(14,18)2/h10,13,15-16,24-25,27,31H,4-9,11H2,1-3H3/b12-10-/t13?,15-,16+,22-,23-/m0/s1. The van der Waals surface area contributed by atoms with Crippen molar-refractivity contribution in [1.82, 2.24) is 5.32 Å². The van der Waals surface area contributed by atoms with Gasteiger partial charge in [-0.2, -0.15) is 12.6 Å². The Kier molecular flexibility index (Phi) is 5.77. The summed E-state index contributed by atoms with van der Waals surface area (Å²) in [7, 11) is 1.54. The number of allylic oxidation sites excluding steroid dienone is 1. The molecule has 31 heavy (non-hydrogen) atoms. The molecule has 0 spiro atoms. The van der Waals surface area contributed by atoms with Crippen molar-refractivity contribution in [2.75, 3.05) is 26.0 Å². The Morgan fingerprint density at radius 1 is 1.32 bits per heavy atom. The molecule has 170 valence electrons. The number of esters is 1. The van der Waals surface area contributed by atoms with Gasteiger partial charge in [0.15, 0.2) is 5.76 Å². The van der Waals surface area contributed by atoms with Crippen LogP contribution in [0.5, 0.6) is 0 Å². The van der Waals surface area contributed by atoms with Gasteiger partial charge in [0.1, 0.15) is 6.10 Å². The normalized spacial score (nSPS) is 38.7. The third-order valence-electron chi connectivity index (χ3n) is 7.92. The Bertz CT molecular complexity index is 908. The molecule has 0 aromatic rings. The lowest BCUT2D eigenvalue weighted by atomic mass is 9.54. The summed E-state index contributed by atoms with van der Waals surface area (Å²) in [5.41, 5.74) is 0.683. The Morgan fingerprint density at radius 2 is 2.06 bits per heavy atom. The van der Waals surface area contributed by atoms with Crippen LogP contribution in [0.2, 0.25) is 0 Å². The quantitative estimate of drug-likeness (QED) is 0.221. The van der Waals surface area contributed by atoms with Gasteiger partial charge in [-0.3, -0.25) is 4.79 Å². The van der Waals surface area contributed by atoms with Crippen molar-refractivity contribution in [3.05, 3.63) is 34.3 Å². The molecular weight excluding hydrogens is 418 g/mol. The minimum atomic E-state index is -0.888. The summed E-state index contributed by atoms with van der Waals surface area (Å²) < 4.78 is 11.2. The van der Waals surface area contributed by atoms with Crippen LogP contribution in [0.1, 0.15) is 39.5 Å². The number of Topliss-reactive ketones (excluding diaryl/α,β-unsaturated/α-hetero) is 1. The van der Waals surface area contributed by atoms with E-state index in [0.29, 0.717) is 42.7 Å². The van der Waals surface area contributed by atoms with Gasteiger partial charge in [0.05, 0.1) is 23.7 Å². The third kappa shape index (κ3) is 3.09. The highest BCUT2D eigenvalue weighted by molar-refractivity contribution is 7.80. The summed E-state index contributed by atoms with van der Waals surface area (Å²) in [5.74, 6) is -0.997. The molecule has 5 atom stereocenters. The molecule has 3 aliphatic carbocycles. The fourth-order valence-electron chi connectivity index (χ4n) is 6.14. The van der Waals surface area contributed by atoms with Gasteiger partial charge >= 0.3 is 5.97 Å². The number of aliphatic hydroxyl groups excluding tert-OH is 2. The number of hydrogen-bond donors (Lipinski definition) is 4. The highest BCUT2D eigenvalue weighted by Gasteiger charge is 2.61. The van der Waals surface area contributed by atoms with E-state index in [0.717, 1.165) is 12.0 Å². The topological polar surface area (TPSA) is 105 Å². The monoisotopic (exact) mass is 449 g/mol. The van der Waals surface area contributed by atoms with E-state index in [9.17, 15) is 19.8 Å². The molecule has 4 aliphatic rings. The van der Waals surface area contributed by atoms with E-state index in [2.05, 4.69) is 17.9 Å². The molecule has 4 rings (SSSR count). The lowest BCUT2D eigenvalue weighted by Crippen LogP contribution is -2.53. The minimum absolute atomic E-state index is 0.130. The molecule has 0 radical (unpaired) electrons. The first kappa shape index (κ1) is 22.4. The summed E-state index contributed by atoms with van der Waals surface area (Å²) in [6, 6.07) is 0. The summed E-state index contributed by atoms with van der Waals surface area (Å²) in [4.78, 5) is 26.4. The average molecular weight is 450 g/mol. The largest absolute Gasteiger partial charge is 0.504 e. The molecule has 1 saturated carbocycles. The summed E-state index contributed by atoms with van der Waals surface area (Å²) in [6.45, 7) is 4.63. The van der Waals surface area contributed by atoms with Crippen LogP contribution in [0.4, 0.5) is 0 Å². The van der Waals surface area contributed by atoms with Crippen molar-refractivity contribution >= 4 is 24.4 Å². The SMILES string of the molecule is COC[C@H]1OC(=O)/C(=C\NCCS)C2=C(O)C(=O)C3=C(CC[C@@]4(C)C3CC[C@@H]4O)[C@]21C. The maximum absolute atomic E-state index is 13.5. The number of rotatable bonds is 5. The molecule has 2 fully saturated rings. The van der Waals surface area contributed by atoms with Gasteiger partial charge in [-0.1, -0.05) is 6.92 Å². The van der Waals surface area contributed by atoms with Gasteiger partial charge in [0.25, 0.3) is 0 Å². The highest BCUT2D eigenvalue weighted by atomic mass is 32.1. The fraction of sp³-hybridized carbons (Fsp3) is 0.652. The predicted octanol–water partition coefficient (Wildman–Crippen LogP) is 2.23. The van der Waals surface area contributed by atoms with Crippen molar-refractivity contribution in [1.29, 1.82) is 0 Å². The van der Waals surface area contributed by atoms with Crippen LogP contribution < -0.4 is 5.32 Å². The number of fused-ring (bicyclic) bond motifs is 4. The summed E-state index contributed by atoms with van der Waals surface area (Å²) >= 11 is 4.17. The zero-order chi connectivity index (χ0) is 22.6. The molecule has 7 nitrogen and oxygen atoms in total. The molecule has 3 N–H and O–H groups in total. The smallest absolute Gasteiger partial charge is 0.340 e. The Balaban J connectivity index is 1.90.